The fraction of sp³-hybridized carbons (Fsp3) is 0.556. The maximum absolute atomic E-state index is 12.8. The summed E-state index contributed by atoms with van der Waals surface area (Å²) >= 11 is 0. The summed E-state index contributed by atoms with van der Waals surface area (Å²) in [6.07, 6.45) is 3.45. The van der Waals surface area contributed by atoms with E-state index in [1.54, 1.807) is 12.1 Å². The molecule has 0 radical (unpaired) electrons. The van der Waals surface area contributed by atoms with Crippen LogP contribution in [0.3, 0.4) is 0 Å². The highest BCUT2D eigenvalue weighted by Gasteiger charge is 2.45. The van der Waals surface area contributed by atoms with Crippen LogP contribution in [0.25, 0.3) is 0 Å². The van der Waals surface area contributed by atoms with Gasteiger partial charge >= 0.3 is 0 Å². The molecule has 1 atom stereocenters. The lowest BCUT2D eigenvalue weighted by Gasteiger charge is -2.32. The van der Waals surface area contributed by atoms with Crippen LogP contribution in [-0.2, 0) is 16.0 Å². The minimum atomic E-state index is -0.285. The number of hydrogen-bond donors (Lipinski definition) is 2. The van der Waals surface area contributed by atoms with Crippen LogP contribution in [0.2, 0.25) is 0 Å². The molecule has 2 amide bonds. The number of amides is 2. The molecule has 5 nitrogen and oxygen atoms in total. The first-order valence-corrected chi connectivity index (χ1v) is 8.59. The summed E-state index contributed by atoms with van der Waals surface area (Å²) in [5.41, 5.74) is 0.711. The molecule has 2 N–H and O–H groups in total. The summed E-state index contributed by atoms with van der Waals surface area (Å²) in [5, 5.41) is 5.85. The van der Waals surface area contributed by atoms with E-state index in [2.05, 4.69) is 15.5 Å². The summed E-state index contributed by atoms with van der Waals surface area (Å²) < 4.78 is 12.8. The van der Waals surface area contributed by atoms with Gasteiger partial charge in [0.2, 0.25) is 11.8 Å². The van der Waals surface area contributed by atoms with E-state index in [-0.39, 0.29) is 23.0 Å². The van der Waals surface area contributed by atoms with Crippen molar-refractivity contribution in [3.63, 3.8) is 0 Å². The summed E-state index contributed by atoms with van der Waals surface area (Å²) in [7, 11) is 0. The second-order valence-corrected chi connectivity index (χ2v) is 6.83. The lowest BCUT2D eigenvalue weighted by molar-refractivity contribution is -0.133. The number of likely N-dealkylation sites (tertiary alicyclic amines) is 1. The Labute approximate surface area is 141 Å². The molecular weight excluding hydrogens is 309 g/mol. The van der Waals surface area contributed by atoms with Gasteiger partial charge in [0.25, 0.3) is 0 Å². The molecule has 24 heavy (non-hydrogen) atoms. The number of halogens is 1. The average Bonchev–Trinajstić information content (AvgIpc) is 2.96. The second kappa shape index (κ2) is 7.30. The first-order valence-electron chi connectivity index (χ1n) is 8.59. The first-order chi connectivity index (χ1) is 11.6. The van der Waals surface area contributed by atoms with Gasteiger partial charge in [-0.3, -0.25) is 14.5 Å². The normalized spacial score (nSPS) is 24.1. The van der Waals surface area contributed by atoms with E-state index in [0.717, 1.165) is 37.9 Å². The van der Waals surface area contributed by atoms with Crippen LogP contribution in [0.15, 0.2) is 24.3 Å². The Balaban J connectivity index is 1.41. The van der Waals surface area contributed by atoms with Crippen LogP contribution in [0.5, 0.6) is 0 Å². The first kappa shape index (κ1) is 16.9. The molecule has 3 rings (SSSR count). The minimum Gasteiger partial charge on any atom is -0.356 e. The quantitative estimate of drug-likeness (QED) is 0.848. The number of carbonyl (C=O) groups excluding carboxylic acids is 2. The van der Waals surface area contributed by atoms with Crippen molar-refractivity contribution in [2.75, 3.05) is 32.7 Å². The number of piperidine rings is 1. The Morgan fingerprint density at radius 3 is 2.83 bits per heavy atom. The molecule has 0 aliphatic carbocycles. The monoisotopic (exact) mass is 333 g/mol. The maximum Gasteiger partial charge on any atom is 0.234 e. The van der Waals surface area contributed by atoms with Gasteiger partial charge in [0, 0.05) is 19.6 Å². The van der Waals surface area contributed by atoms with Crippen LogP contribution in [0.4, 0.5) is 4.39 Å². The van der Waals surface area contributed by atoms with Gasteiger partial charge in [0.1, 0.15) is 5.82 Å². The zero-order valence-corrected chi connectivity index (χ0v) is 13.8. The molecule has 2 aliphatic rings. The molecule has 0 bridgehead atoms. The zero-order chi connectivity index (χ0) is 17.0. The van der Waals surface area contributed by atoms with E-state index in [9.17, 15) is 14.0 Å². The summed E-state index contributed by atoms with van der Waals surface area (Å²) in [6, 6.07) is 6.31. The Hall–Kier alpha value is -1.95. The highest BCUT2D eigenvalue weighted by atomic mass is 19.1. The lowest BCUT2D eigenvalue weighted by atomic mass is 9.79. The average molecular weight is 333 g/mol. The molecule has 1 aromatic carbocycles. The van der Waals surface area contributed by atoms with Crippen molar-refractivity contribution in [1.82, 2.24) is 15.5 Å². The van der Waals surface area contributed by atoms with E-state index in [1.807, 2.05) is 0 Å². The predicted octanol–water partition coefficient (Wildman–Crippen LogP) is 1.09. The van der Waals surface area contributed by atoms with Gasteiger partial charge < -0.3 is 10.6 Å². The van der Waals surface area contributed by atoms with Crippen molar-refractivity contribution in [1.29, 1.82) is 0 Å². The summed E-state index contributed by atoms with van der Waals surface area (Å²) in [6.45, 7) is 3.09. The van der Waals surface area contributed by atoms with Gasteiger partial charge in [0.15, 0.2) is 0 Å². The fourth-order valence-corrected chi connectivity index (χ4v) is 3.67. The molecule has 0 aromatic heterocycles. The number of benzene rings is 1. The molecule has 1 unspecified atom stereocenters. The smallest absolute Gasteiger partial charge is 0.234 e. The Morgan fingerprint density at radius 2 is 2.08 bits per heavy atom. The minimum absolute atomic E-state index is 0.0228. The predicted molar refractivity (Wildman–Crippen MR) is 88.8 cm³/mol. The van der Waals surface area contributed by atoms with Crippen molar-refractivity contribution in [2.45, 2.75) is 25.7 Å². The molecule has 2 aliphatic heterocycles. The molecule has 1 aromatic rings. The van der Waals surface area contributed by atoms with Crippen LogP contribution >= 0.6 is 0 Å². The Morgan fingerprint density at radius 1 is 1.29 bits per heavy atom. The summed E-state index contributed by atoms with van der Waals surface area (Å²) in [5.74, 6) is -0.129. The van der Waals surface area contributed by atoms with Crippen LogP contribution in [-0.4, -0.2) is 49.4 Å². The zero-order valence-electron chi connectivity index (χ0n) is 13.8. The van der Waals surface area contributed by atoms with Gasteiger partial charge in [-0.1, -0.05) is 12.1 Å². The third-order valence-electron chi connectivity index (χ3n) is 5.05. The lowest BCUT2D eigenvalue weighted by Crippen LogP contribution is -2.48. The van der Waals surface area contributed by atoms with Gasteiger partial charge in [0.05, 0.1) is 12.0 Å². The van der Waals surface area contributed by atoms with E-state index in [0.29, 0.717) is 26.1 Å². The molecular formula is C18H24FN3O2. The maximum atomic E-state index is 12.8. The largest absolute Gasteiger partial charge is 0.356 e. The SMILES string of the molecule is O=C(CN1CCC2(CCCNC2=O)C1)NCCc1ccc(F)cc1. The Bertz CT molecular complexity index is 605. The van der Waals surface area contributed by atoms with E-state index >= 15 is 0 Å². The van der Waals surface area contributed by atoms with Crippen molar-refractivity contribution in [2.24, 2.45) is 5.41 Å². The van der Waals surface area contributed by atoms with Gasteiger partial charge in [-0.05, 0) is 49.9 Å². The van der Waals surface area contributed by atoms with Gasteiger partial charge in [-0.2, -0.15) is 0 Å². The topological polar surface area (TPSA) is 61.4 Å². The van der Waals surface area contributed by atoms with E-state index < -0.39 is 0 Å². The number of carbonyl (C=O) groups is 2. The number of rotatable bonds is 5. The molecule has 0 saturated carbocycles. The number of hydrogen-bond acceptors (Lipinski definition) is 3. The highest BCUT2D eigenvalue weighted by molar-refractivity contribution is 5.84. The van der Waals surface area contributed by atoms with E-state index in [1.165, 1.54) is 12.1 Å². The van der Waals surface area contributed by atoms with Crippen LogP contribution in [0, 0.1) is 11.2 Å². The molecule has 130 valence electrons. The third-order valence-corrected chi connectivity index (χ3v) is 5.05. The van der Waals surface area contributed by atoms with Crippen LogP contribution in [0.1, 0.15) is 24.8 Å². The fourth-order valence-electron chi connectivity index (χ4n) is 3.67. The number of nitrogens with one attached hydrogen (secondary N) is 2. The Kier molecular flexibility index (Phi) is 5.14. The van der Waals surface area contributed by atoms with Crippen molar-refractivity contribution >= 4 is 11.8 Å². The van der Waals surface area contributed by atoms with Crippen LogP contribution < -0.4 is 10.6 Å². The van der Waals surface area contributed by atoms with Gasteiger partial charge in [-0.15, -0.1) is 0 Å². The molecule has 2 saturated heterocycles. The standard InChI is InChI=1S/C18H24FN3O2/c19-15-4-2-14(3-5-15)6-10-20-16(23)12-22-11-8-18(13-22)7-1-9-21-17(18)24/h2-5H,1,6-13H2,(H,20,23)(H,21,24). The van der Waals surface area contributed by atoms with Crippen molar-refractivity contribution in [3.8, 4) is 0 Å². The highest BCUT2D eigenvalue weighted by Crippen LogP contribution is 2.37. The molecule has 6 heteroatoms. The second-order valence-electron chi connectivity index (χ2n) is 6.83. The third kappa shape index (κ3) is 3.93. The van der Waals surface area contributed by atoms with Crippen molar-refractivity contribution in [3.05, 3.63) is 35.6 Å². The number of nitrogens with zero attached hydrogens (tertiary/aromatic N) is 1. The van der Waals surface area contributed by atoms with Crippen molar-refractivity contribution < 1.29 is 14.0 Å². The molecule has 1 spiro atoms. The van der Waals surface area contributed by atoms with Gasteiger partial charge in [-0.25, -0.2) is 4.39 Å². The van der Waals surface area contributed by atoms with E-state index in [4.69, 9.17) is 0 Å². The summed E-state index contributed by atoms with van der Waals surface area (Å²) in [4.78, 5) is 26.3. The molecule has 2 heterocycles. The molecule has 2 fully saturated rings.